The lowest BCUT2D eigenvalue weighted by Gasteiger charge is -2.26. The topological polar surface area (TPSA) is 29.5 Å². The summed E-state index contributed by atoms with van der Waals surface area (Å²) in [5.74, 6) is 0.0129. The Morgan fingerprint density at radius 1 is 1.33 bits per heavy atom. The number of hydrogen-bond donors (Lipinski definition) is 0. The van der Waals surface area contributed by atoms with Crippen molar-refractivity contribution in [2.75, 3.05) is 19.6 Å². The average molecular weight is 211 g/mol. The minimum absolute atomic E-state index is 0.0129. The number of rotatable bonds is 2. The Hall–Kier alpha value is -0.570. The molecule has 1 unspecified atom stereocenters. The molecule has 2 rings (SSSR count). The van der Waals surface area contributed by atoms with Gasteiger partial charge in [0, 0.05) is 13.0 Å². The molecule has 1 spiro atoms. The fourth-order valence-electron chi connectivity index (χ4n) is 2.79. The minimum atomic E-state index is -0.0838. The van der Waals surface area contributed by atoms with Gasteiger partial charge in [-0.3, -0.25) is 4.79 Å². The van der Waals surface area contributed by atoms with Crippen molar-refractivity contribution in [2.24, 2.45) is 0 Å². The molecule has 3 nitrogen and oxygen atoms in total. The molecule has 0 bridgehead atoms. The maximum atomic E-state index is 11.2. The van der Waals surface area contributed by atoms with Crippen molar-refractivity contribution < 1.29 is 9.53 Å². The maximum absolute atomic E-state index is 11.2. The third-order valence-electron chi connectivity index (χ3n) is 3.65. The molecule has 3 heteroatoms. The lowest BCUT2D eigenvalue weighted by molar-refractivity contribution is -0.149. The Kier molecular flexibility index (Phi) is 3.29. The summed E-state index contributed by atoms with van der Waals surface area (Å²) < 4.78 is 5.53. The van der Waals surface area contributed by atoms with Gasteiger partial charge in [-0.1, -0.05) is 6.92 Å². The lowest BCUT2D eigenvalue weighted by Crippen LogP contribution is -2.31. The fraction of sp³-hybridized carbons (Fsp3) is 0.917. The molecule has 0 saturated carbocycles. The highest BCUT2D eigenvalue weighted by Crippen LogP contribution is 2.36. The zero-order valence-electron chi connectivity index (χ0n) is 9.63. The van der Waals surface area contributed by atoms with Gasteiger partial charge < -0.3 is 9.64 Å². The van der Waals surface area contributed by atoms with Gasteiger partial charge in [-0.25, -0.2) is 0 Å². The van der Waals surface area contributed by atoms with Crippen LogP contribution in [0.25, 0.3) is 0 Å². The monoisotopic (exact) mass is 211 g/mol. The van der Waals surface area contributed by atoms with E-state index in [2.05, 4.69) is 11.8 Å². The summed E-state index contributed by atoms with van der Waals surface area (Å²) in [6.07, 6.45) is 6.08. The molecule has 2 heterocycles. The molecule has 86 valence electrons. The van der Waals surface area contributed by atoms with E-state index in [0.717, 1.165) is 25.8 Å². The molecule has 2 saturated heterocycles. The molecule has 0 amide bonds. The van der Waals surface area contributed by atoms with Crippen molar-refractivity contribution in [1.82, 2.24) is 4.90 Å². The summed E-state index contributed by atoms with van der Waals surface area (Å²) >= 11 is 0. The van der Waals surface area contributed by atoms with Crippen molar-refractivity contribution in [2.45, 2.75) is 51.0 Å². The Morgan fingerprint density at radius 2 is 2.20 bits per heavy atom. The van der Waals surface area contributed by atoms with Crippen LogP contribution in [0.5, 0.6) is 0 Å². The van der Waals surface area contributed by atoms with Gasteiger partial charge in [-0.15, -0.1) is 0 Å². The molecule has 15 heavy (non-hydrogen) atoms. The summed E-state index contributed by atoms with van der Waals surface area (Å²) in [7, 11) is 0. The summed E-state index contributed by atoms with van der Waals surface area (Å²) in [4.78, 5) is 13.7. The lowest BCUT2D eigenvalue weighted by atomic mass is 9.92. The van der Waals surface area contributed by atoms with Gasteiger partial charge in [-0.05, 0) is 45.2 Å². The molecule has 0 aromatic heterocycles. The van der Waals surface area contributed by atoms with E-state index in [-0.39, 0.29) is 11.6 Å². The van der Waals surface area contributed by atoms with Crippen LogP contribution in [0.15, 0.2) is 0 Å². The summed E-state index contributed by atoms with van der Waals surface area (Å²) in [5.41, 5.74) is -0.0838. The predicted molar refractivity (Wildman–Crippen MR) is 58.6 cm³/mol. The van der Waals surface area contributed by atoms with Crippen LogP contribution in [0.4, 0.5) is 0 Å². The number of nitrogens with zero attached hydrogens (tertiary/aromatic N) is 1. The molecule has 0 aromatic carbocycles. The number of carbonyl (C=O) groups excluding carboxylic acids is 1. The standard InChI is InChI=1S/C12H21NO2/c1-2-8-13-9-3-5-12(7-10-13)6-4-11(14)15-12/h2-10H2,1H3. The number of ether oxygens (including phenoxy) is 1. The quantitative estimate of drug-likeness (QED) is 0.654. The van der Waals surface area contributed by atoms with E-state index < -0.39 is 0 Å². The summed E-state index contributed by atoms with van der Waals surface area (Å²) in [6, 6.07) is 0. The van der Waals surface area contributed by atoms with E-state index in [0.29, 0.717) is 6.42 Å². The van der Waals surface area contributed by atoms with Gasteiger partial charge in [0.05, 0.1) is 0 Å². The van der Waals surface area contributed by atoms with Gasteiger partial charge in [0.1, 0.15) is 5.60 Å². The Bertz CT molecular complexity index is 242. The molecule has 1 atom stereocenters. The average Bonchev–Trinajstić information content (AvgIpc) is 2.45. The maximum Gasteiger partial charge on any atom is 0.306 e. The van der Waals surface area contributed by atoms with Gasteiger partial charge in [0.15, 0.2) is 0 Å². The van der Waals surface area contributed by atoms with Gasteiger partial charge in [-0.2, -0.15) is 0 Å². The van der Waals surface area contributed by atoms with E-state index in [1.807, 2.05) is 0 Å². The van der Waals surface area contributed by atoms with E-state index in [1.54, 1.807) is 0 Å². The van der Waals surface area contributed by atoms with Crippen LogP contribution in [0.3, 0.4) is 0 Å². The number of esters is 1. The second kappa shape index (κ2) is 4.52. The number of hydrogen-bond acceptors (Lipinski definition) is 3. The molecule has 2 aliphatic heterocycles. The third-order valence-corrected chi connectivity index (χ3v) is 3.65. The predicted octanol–water partition coefficient (Wildman–Crippen LogP) is 1.96. The SMILES string of the molecule is CCCN1CCCC2(CCC(=O)O2)CC1. The molecule has 0 aromatic rings. The van der Waals surface area contributed by atoms with Crippen LogP contribution >= 0.6 is 0 Å². The second-order valence-electron chi connectivity index (χ2n) is 4.85. The highest BCUT2D eigenvalue weighted by molar-refractivity contribution is 5.72. The zero-order chi connectivity index (χ0) is 10.7. The van der Waals surface area contributed by atoms with Crippen molar-refractivity contribution in [3.63, 3.8) is 0 Å². The van der Waals surface area contributed by atoms with Crippen molar-refractivity contribution in [3.8, 4) is 0 Å². The molecule has 0 N–H and O–H groups in total. The van der Waals surface area contributed by atoms with Crippen LogP contribution < -0.4 is 0 Å². The summed E-state index contributed by atoms with van der Waals surface area (Å²) in [5, 5.41) is 0. The normalized spacial score (nSPS) is 33.0. The van der Waals surface area contributed by atoms with E-state index in [4.69, 9.17) is 4.74 Å². The van der Waals surface area contributed by atoms with Gasteiger partial charge in [0.25, 0.3) is 0 Å². The highest BCUT2D eigenvalue weighted by Gasteiger charge is 2.40. The van der Waals surface area contributed by atoms with Crippen molar-refractivity contribution in [3.05, 3.63) is 0 Å². The minimum Gasteiger partial charge on any atom is -0.459 e. The first-order valence-electron chi connectivity index (χ1n) is 6.18. The van der Waals surface area contributed by atoms with E-state index in [1.165, 1.54) is 25.9 Å². The van der Waals surface area contributed by atoms with Crippen molar-refractivity contribution >= 4 is 5.97 Å². The number of carbonyl (C=O) groups is 1. The van der Waals surface area contributed by atoms with Crippen LogP contribution in [0.2, 0.25) is 0 Å². The first kappa shape index (κ1) is 10.9. The smallest absolute Gasteiger partial charge is 0.306 e. The highest BCUT2D eigenvalue weighted by atomic mass is 16.6. The van der Waals surface area contributed by atoms with Gasteiger partial charge >= 0.3 is 5.97 Å². The molecule has 2 fully saturated rings. The zero-order valence-corrected chi connectivity index (χ0v) is 9.63. The van der Waals surface area contributed by atoms with E-state index in [9.17, 15) is 4.79 Å². The Morgan fingerprint density at radius 3 is 2.87 bits per heavy atom. The molecule has 0 radical (unpaired) electrons. The van der Waals surface area contributed by atoms with Gasteiger partial charge in [0.2, 0.25) is 0 Å². The fourth-order valence-corrected chi connectivity index (χ4v) is 2.79. The second-order valence-corrected chi connectivity index (χ2v) is 4.85. The molecular formula is C12H21NO2. The first-order valence-corrected chi connectivity index (χ1v) is 6.18. The van der Waals surface area contributed by atoms with Crippen LogP contribution in [-0.4, -0.2) is 36.1 Å². The first-order chi connectivity index (χ1) is 7.24. The summed E-state index contributed by atoms with van der Waals surface area (Å²) in [6.45, 7) is 5.68. The Labute approximate surface area is 91.8 Å². The molecule has 0 aliphatic carbocycles. The van der Waals surface area contributed by atoms with Crippen LogP contribution in [0.1, 0.15) is 45.4 Å². The molecule has 2 aliphatic rings. The Balaban J connectivity index is 1.92. The largest absolute Gasteiger partial charge is 0.459 e. The van der Waals surface area contributed by atoms with Crippen LogP contribution in [0, 0.1) is 0 Å². The van der Waals surface area contributed by atoms with Crippen LogP contribution in [-0.2, 0) is 9.53 Å². The van der Waals surface area contributed by atoms with Crippen molar-refractivity contribution in [1.29, 1.82) is 0 Å². The molecular weight excluding hydrogens is 190 g/mol. The third kappa shape index (κ3) is 2.51. The number of likely N-dealkylation sites (tertiary alicyclic amines) is 1. The van der Waals surface area contributed by atoms with E-state index >= 15 is 0 Å².